The lowest BCUT2D eigenvalue weighted by Gasteiger charge is -2.31. The zero-order valence-electron chi connectivity index (χ0n) is 16.9. The molecule has 30 heavy (non-hydrogen) atoms. The fourth-order valence-corrected chi connectivity index (χ4v) is 3.66. The van der Waals surface area contributed by atoms with E-state index in [4.69, 9.17) is 16.3 Å². The van der Waals surface area contributed by atoms with Gasteiger partial charge in [-0.05, 0) is 56.2 Å². The van der Waals surface area contributed by atoms with Crippen LogP contribution in [-0.2, 0) is 14.3 Å². The van der Waals surface area contributed by atoms with Crippen LogP contribution in [0.3, 0.4) is 0 Å². The molecule has 2 amide bonds. The third-order valence-electron chi connectivity index (χ3n) is 5.23. The van der Waals surface area contributed by atoms with Crippen LogP contribution in [0, 0.1) is 5.92 Å². The number of esters is 1. The maximum Gasteiger partial charge on any atom is 0.309 e. The van der Waals surface area contributed by atoms with Crippen molar-refractivity contribution in [2.24, 2.45) is 5.92 Å². The van der Waals surface area contributed by atoms with Crippen LogP contribution in [-0.4, -0.2) is 48.9 Å². The van der Waals surface area contributed by atoms with Crippen molar-refractivity contribution in [1.29, 1.82) is 0 Å². The molecule has 0 spiro atoms. The summed E-state index contributed by atoms with van der Waals surface area (Å²) in [5.41, 5.74) is 1.35. The number of rotatable bonds is 6. The minimum Gasteiger partial charge on any atom is -0.455 e. The largest absolute Gasteiger partial charge is 0.455 e. The molecule has 7 heteroatoms. The molecule has 3 rings (SSSR count). The Kier molecular flexibility index (Phi) is 7.46. The number of ether oxygens (including phenoxy) is 1. The number of benzene rings is 2. The van der Waals surface area contributed by atoms with Crippen molar-refractivity contribution in [2.75, 3.05) is 31.1 Å². The molecule has 1 saturated heterocycles. The minimum absolute atomic E-state index is 0.0740. The molecule has 1 aliphatic heterocycles. The molecule has 0 aliphatic carbocycles. The van der Waals surface area contributed by atoms with E-state index < -0.39 is 0 Å². The first-order valence-electron chi connectivity index (χ1n) is 10.1. The SMILES string of the molecule is CCN(C(=O)COC(=O)C1CCN(C(=O)c2ccc(Cl)cc2)CC1)c1ccccc1. The van der Waals surface area contributed by atoms with E-state index in [1.54, 1.807) is 34.1 Å². The van der Waals surface area contributed by atoms with E-state index in [2.05, 4.69) is 0 Å². The Morgan fingerprint density at radius 1 is 1.03 bits per heavy atom. The number of likely N-dealkylation sites (N-methyl/N-ethyl adjacent to an activating group) is 1. The third kappa shape index (κ3) is 5.39. The lowest BCUT2D eigenvalue weighted by Crippen LogP contribution is -2.41. The van der Waals surface area contributed by atoms with Gasteiger partial charge in [-0.25, -0.2) is 0 Å². The van der Waals surface area contributed by atoms with Crippen LogP contribution in [0.1, 0.15) is 30.1 Å². The Balaban J connectivity index is 1.47. The molecule has 0 radical (unpaired) electrons. The van der Waals surface area contributed by atoms with E-state index >= 15 is 0 Å². The zero-order valence-corrected chi connectivity index (χ0v) is 17.7. The maximum atomic E-state index is 12.6. The van der Waals surface area contributed by atoms with Gasteiger partial charge in [-0.1, -0.05) is 29.8 Å². The maximum absolute atomic E-state index is 12.6. The highest BCUT2D eigenvalue weighted by Gasteiger charge is 2.29. The van der Waals surface area contributed by atoms with E-state index in [0.717, 1.165) is 5.69 Å². The number of para-hydroxylation sites is 1. The first kappa shape index (κ1) is 21.8. The van der Waals surface area contributed by atoms with Crippen molar-refractivity contribution in [3.63, 3.8) is 0 Å². The number of anilines is 1. The molecule has 158 valence electrons. The average molecular weight is 429 g/mol. The second-order valence-corrected chi connectivity index (χ2v) is 7.59. The number of carbonyl (C=O) groups is 3. The molecule has 0 aromatic heterocycles. The Labute approximate surface area is 181 Å². The van der Waals surface area contributed by atoms with Gasteiger partial charge in [-0.2, -0.15) is 0 Å². The van der Waals surface area contributed by atoms with E-state index in [1.807, 2.05) is 37.3 Å². The van der Waals surface area contributed by atoms with Crippen molar-refractivity contribution in [3.05, 3.63) is 65.2 Å². The number of likely N-dealkylation sites (tertiary alicyclic amines) is 1. The topological polar surface area (TPSA) is 66.9 Å². The van der Waals surface area contributed by atoms with Crippen molar-refractivity contribution in [2.45, 2.75) is 19.8 Å². The van der Waals surface area contributed by atoms with Gasteiger partial charge in [0.15, 0.2) is 6.61 Å². The summed E-state index contributed by atoms with van der Waals surface area (Å²) in [4.78, 5) is 40.8. The summed E-state index contributed by atoms with van der Waals surface area (Å²) in [5.74, 6) is -1.02. The molecule has 1 heterocycles. The molecule has 0 unspecified atom stereocenters. The molecular weight excluding hydrogens is 404 g/mol. The van der Waals surface area contributed by atoms with Gasteiger partial charge in [0, 0.05) is 35.9 Å². The second kappa shape index (κ2) is 10.3. The molecule has 0 atom stereocenters. The van der Waals surface area contributed by atoms with Crippen molar-refractivity contribution < 1.29 is 19.1 Å². The molecule has 1 fully saturated rings. The van der Waals surface area contributed by atoms with Crippen LogP contribution < -0.4 is 4.90 Å². The minimum atomic E-state index is -0.383. The molecule has 0 N–H and O–H groups in total. The Morgan fingerprint density at radius 2 is 1.67 bits per heavy atom. The Morgan fingerprint density at radius 3 is 2.27 bits per heavy atom. The second-order valence-electron chi connectivity index (χ2n) is 7.15. The van der Waals surface area contributed by atoms with Crippen molar-refractivity contribution in [3.8, 4) is 0 Å². The Bertz CT molecular complexity index is 878. The predicted molar refractivity (Wildman–Crippen MR) is 116 cm³/mol. The quantitative estimate of drug-likeness (QED) is 0.656. The highest BCUT2D eigenvalue weighted by molar-refractivity contribution is 6.30. The first-order chi connectivity index (χ1) is 14.5. The van der Waals surface area contributed by atoms with Crippen molar-refractivity contribution >= 4 is 35.1 Å². The lowest BCUT2D eigenvalue weighted by molar-refractivity contribution is -0.153. The number of halogens is 1. The molecule has 0 bridgehead atoms. The van der Waals surface area contributed by atoms with Crippen LogP contribution in [0.25, 0.3) is 0 Å². The molecular formula is C23H25ClN2O4. The van der Waals surface area contributed by atoms with Crippen LogP contribution in [0.4, 0.5) is 5.69 Å². The number of carbonyl (C=O) groups excluding carboxylic acids is 3. The molecule has 2 aromatic carbocycles. The number of nitrogens with zero attached hydrogens (tertiary/aromatic N) is 2. The van der Waals surface area contributed by atoms with E-state index in [1.165, 1.54) is 0 Å². The smallest absolute Gasteiger partial charge is 0.309 e. The van der Waals surface area contributed by atoms with E-state index in [0.29, 0.717) is 43.1 Å². The summed E-state index contributed by atoms with van der Waals surface area (Å²) in [6.07, 6.45) is 1.03. The van der Waals surface area contributed by atoms with E-state index in [-0.39, 0.29) is 30.3 Å². The average Bonchev–Trinajstić information content (AvgIpc) is 2.79. The number of hydrogen-bond acceptors (Lipinski definition) is 4. The third-order valence-corrected chi connectivity index (χ3v) is 5.48. The first-order valence-corrected chi connectivity index (χ1v) is 10.4. The van der Waals surface area contributed by atoms with Crippen LogP contribution in [0.5, 0.6) is 0 Å². The summed E-state index contributed by atoms with van der Waals surface area (Å²) in [5, 5.41) is 0.580. The molecule has 0 saturated carbocycles. The summed E-state index contributed by atoms with van der Waals surface area (Å²) >= 11 is 5.87. The van der Waals surface area contributed by atoms with Gasteiger partial charge < -0.3 is 14.5 Å². The molecule has 1 aliphatic rings. The van der Waals surface area contributed by atoms with Crippen molar-refractivity contribution in [1.82, 2.24) is 4.90 Å². The van der Waals surface area contributed by atoms with Gasteiger partial charge >= 0.3 is 5.97 Å². The van der Waals surface area contributed by atoms with E-state index in [9.17, 15) is 14.4 Å². The fraction of sp³-hybridized carbons (Fsp3) is 0.348. The van der Waals surface area contributed by atoms with Gasteiger partial charge in [0.05, 0.1) is 5.92 Å². The van der Waals surface area contributed by atoms with Gasteiger partial charge in [-0.15, -0.1) is 0 Å². The summed E-state index contributed by atoms with van der Waals surface area (Å²) in [7, 11) is 0. The normalized spacial score (nSPS) is 14.3. The summed E-state index contributed by atoms with van der Waals surface area (Å²) < 4.78 is 5.29. The fourth-order valence-electron chi connectivity index (χ4n) is 3.53. The monoisotopic (exact) mass is 428 g/mol. The van der Waals surface area contributed by atoms with Gasteiger partial charge in [-0.3, -0.25) is 14.4 Å². The molecule has 6 nitrogen and oxygen atoms in total. The van der Waals surface area contributed by atoms with Gasteiger partial charge in [0.25, 0.3) is 11.8 Å². The predicted octanol–water partition coefficient (Wildman–Crippen LogP) is 3.79. The Hall–Kier alpha value is -2.86. The molecule has 2 aromatic rings. The van der Waals surface area contributed by atoms with Crippen LogP contribution in [0.15, 0.2) is 54.6 Å². The number of amides is 2. The summed E-state index contributed by atoms with van der Waals surface area (Å²) in [6.45, 7) is 3.03. The summed E-state index contributed by atoms with van der Waals surface area (Å²) in [6, 6.07) is 16.0. The van der Waals surface area contributed by atoms with Crippen LogP contribution >= 0.6 is 11.6 Å². The highest BCUT2D eigenvalue weighted by Crippen LogP contribution is 2.21. The number of hydrogen-bond donors (Lipinski definition) is 0. The number of piperidine rings is 1. The standard InChI is InChI=1S/C23H25ClN2O4/c1-2-26(20-6-4-3-5-7-20)21(27)16-30-23(29)18-12-14-25(15-13-18)22(28)17-8-10-19(24)11-9-17/h3-11,18H,2,12-16H2,1H3. The van der Waals surface area contributed by atoms with Crippen LogP contribution in [0.2, 0.25) is 5.02 Å². The highest BCUT2D eigenvalue weighted by atomic mass is 35.5. The van der Waals surface area contributed by atoms with Gasteiger partial charge in [0.1, 0.15) is 0 Å². The zero-order chi connectivity index (χ0) is 21.5. The lowest BCUT2D eigenvalue weighted by atomic mass is 9.96. The van der Waals surface area contributed by atoms with Gasteiger partial charge in [0.2, 0.25) is 0 Å².